The van der Waals surface area contributed by atoms with E-state index in [0.717, 1.165) is 0 Å². The molecule has 0 saturated carbocycles. The van der Waals surface area contributed by atoms with Crippen LogP contribution in [0.5, 0.6) is 0 Å². The number of rotatable bonds is 4. The van der Waals surface area contributed by atoms with E-state index >= 15 is 0 Å². The molecular weight excluding hydrogens is 299 g/mol. The average Bonchev–Trinajstić information content (AvgIpc) is 2.13. The van der Waals surface area contributed by atoms with Crippen molar-refractivity contribution >= 4 is 31.8 Å². The predicted octanol–water partition coefficient (Wildman–Crippen LogP) is 2.16. The highest BCUT2D eigenvalue weighted by atomic mass is 79.9. The highest BCUT2D eigenvalue weighted by Gasteiger charge is 2.11. The molecule has 0 aliphatic rings. The summed E-state index contributed by atoms with van der Waals surface area (Å²) in [5, 5.41) is 0. The molecule has 0 heterocycles. The normalized spacial score (nSPS) is 11.5. The van der Waals surface area contributed by atoms with E-state index in [0.29, 0.717) is 11.3 Å². The quantitative estimate of drug-likeness (QED) is 0.895. The van der Waals surface area contributed by atoms with Crippen molar-refractivity contribution in [2.24, 2.45) is 0 Å². The fraction of sp³-hybridized carbons (Fsp3) is 0.333. The second-order valence-electron chi connectivity index (χ2n) is 3.18. The Bertz CT molecular complexity index is 491. The maximum atomic E-state index is 13.1. The highest BCUT2D eigenvalue weighted by molar-refractivity contribution is 9.10. The highest BCUT2D eigenvalue weighted by Crippen LogP contribution is 2.24. The van der Waals surface area contributed by atoms with Gasteiger partial charge in [0, 0.05) is 6.54 Å². The van der Waals surface area contributed by atoms with Gasteiger partial charge in [0.15, 0.2) is 0 Å². The number of benzene rings is 1. The van der Waals surface area contributed by atoms with Gasteiger partial charge in [-0.05, 0) is 40.5 Å². The summed E-state index contributed by atoms with van der Waals surface area (Å²) in [5.41, 5.74) is 0.858. The molecule has 0 atom stereocenters. The lowest BCUT2D eigenvalue weighted by Gasteiger charge is -2.11. The van der Waals surface area contributed by atoms with E-state index in [9.17, 15) is 12.8 Å². The van der Waals surface area contributed by atoms with Crippen LogP contribution in [-0.4, -0.2) is 15.0 Å². The van der Waals surface area contributed by atoms with Crippen molar-refractivity contribution in [3.8, 4) is 0 Å². The summed E-state index contributed by atoms with van der Waals surface area (Å²) >= 11 is 3.00. The largest absolute Gasteiger partial charge is 0.299 e. The molecule has 0 aromatic heterocycles. The number of nitrogens with one attached hydrogen (secondary N) is 2. The molecule has 0 aliphatic carbocycles. The van der Waals surface area contributed by atoms with E-state index in [-0.39, 0.29) is 11.0 Å². The monoisotopic (exact) mass is 310 g/mol. The van der Waals surface area contributed by atoms with Crippen molar-refractivity contribution in [2.75, 3.05) is 11.3 Å². The molecule has 1 rings (SSSR count). The van der Waals surface area contributed by atoms with Gasteiger partial charge in [0.1, 0.15) is 5.82 Å². The van der Waals surface area contributed by atoms with E-state index in [1.165, 1.54) is 12.1 Å². The SMILES string of the molecule is CCNS(=O)(=O)Nc1cc(Br)c(F)cc1C. The summed E-state index contributed by atoms with van der Waals surface area (Å²) < 4.78 is 40.8. The summed E-state index contributed by atoms with van der Waals surface area (Å²) in [6.45, 7) is 3.59. The lowest BCUT2D eigenvalue weighted by Crippen LogP contribution is -2.30. The van der Waals surface area contributed by atoms with Gasteiger partial charge in [-0.3, -0.25) is 4.72 Å². The maximum absolute atomic E-state index is 13.1. The average molecular weight is 311 g/mol. The van der Waals surface area contributed by atoms with Gasteiger partial charge in [0.2, 0.25) is 0 Å². The summed E-state index contributed by atoms with van der Waals surface area (Å²) in [4.78, 5) is 0. The van der Waals surface area contributed by atoms with Crippen LogP contribution in [0, 0.1) is 12.7 Å². The Kier molecular flexibility index (Phi) is 4.28. The minimum absolute atomic E-state index is 0.215. The van der Waals surface area contributed by atoms with Crippen LogP contribution in [0.15, 0.2) is 16.6 Å². The molecule has 4 nitrogen and oxygen atoms in total. The Morgan fingerprint density at radius 2 is 2.06 bits per heavy atom. The molecule has 0 amide bonds. The molecule has 2 N–H and O–H groups in total. The molecule has 0 bridgehead atoms. The topological polar surface area (TPSA) is 58.2 Å². The van der Waals surface area contributed by atoms with Crippen LogP contribution < -0.4 is 9.44 Å². The molecule has 0 aliphatic heterocycles. The van der Waals surface area contributed by atoms with Gasteiger partial charge < -0.3 is 0 Å². The Balaban J connectivity index is 3.03. The molecule has 0 saturated heterocycles. The maximum Gasteiger partial charge on any atom is 0.299 e. The van der Waals surface area contributed by atoms with Crippen LogP contribution in [-0.2, 0) is 10.2 Å². The third kappa shape index (κ3) is 3.43. The number of anilines is 1. The van der Waals surface area contributed by atoms with Crippen molar-refractivity contribution in [1.29, 1.82) is 0 Å². The first kappa shape index (κ1) is 13.4. The van der Waals surface area contributed by atoms with Crippen LogP contribution >= 0.6 is 15.9 Å². The molecular formula is C9H12BrFN2O2S. The van der Waals surface area contributed by atoms with E-state index in [1.54, 1.807) is 13.8 Å². The lowest BCUT2D eigenvalue weighted by atomic mass is 10.2. The number of hydrogen-bond acceptors (Lipinski definition) is 2. The third-order valence-electron chi connectivity index (χ3n) is 1.85. The van der Waals surface area contributed by atoms with E-state index < -0.39 is 16.0 Å². The second-order valence-corrected chi connectivity index (χ2v) is 5.54. The van der Waals surface area contributed by atoms with Crippen LogP contribution in [0.3, 0.4) is 0 Å². The van der Waals surface area contributed by atoms with E-state index in [1.807, 2.05) is 0 Å². The minimum Gasteiger partial charge on any atom is -0.271 e. The molecule has 7 heteroatoms. The Morgan fingerprint density at radius 3 is 2.62 bits per heavy atom. The van der Waals surface area contributed by atoms with Gasteiger partial charge in [0.25, 0.3) is 10.2 Å². The summed E-state index contributed by atoms with van der Waals surface area (Å²) in [7, 11) is -3.58. The molecule has 0 fully saturated rings. The van der Waals surface area contributed by atoms with E-state index in [4.69, 9.17) is 0 Å². The summed E-state index contributed by atoms with van der Waals surface area (Å²) in [6.07, 6.45) is 0. The number of hydrogen-bond donors (Lipinski definition) is 2. The zero-order valence-corrected chi connectivity index (χ0v) is 11.2. The lowest BCUT2D eigenvalue weighted by molar-refractivity contribution is 0.589. The smallest absolute Gasteiger partial charge is 0.271 e. The predicted molar refractivity (Wildman–Crippen MR) is 65.1 cm³/mol. The van der Waals surface area contributed by atoms with Crippen molar-refractivity contribution in [3.63, 3.8) is 0 Å². The second kappa shape index (κ2) is 5.11. The van der Waals surface area contributed by atoms with Crippen LogP contribution in [0.25, 0.3) is 0 Å². The van der Waals surface area contributed by atoms with Crippen LogP contribution in [0.1, 0.15) is 12.5 Å². The van der Waals surface area contributed by atoms with E-state index in [2.05, 4.69) is 25.4 Å². The van der Waals surface area contributed by atoms with Crippen LogP contribution in [0.2, 0.25) is 0 Å². The molecule has 90 valence electrons. The number of halogens is 2. The molecule has 1 aromatic carbocycles. The molecule has 16 heavy (non-hydrogen) atoms. The Morgan fingerprint density at radius 1 is 1.44 bits per heavy atom. The fourth-order valence-electron chi connectivity index (χ4n) is 1.13. The standard InChI is InChI=1S/C9H12BrFN2O2S/c1-3-12-16(14,15)13-9-5-7(10)8(11)4-6(9)2/h4-5,12-13H,3H2,1-2H3. The van der Waals surface area contributed by atoms with Gasteiger partial charge in [0.05, 0.1) is 10.2 Å². The van der Waals surface area contributed by atoms with Crippen LogP contribution in [0.4, 0.5) is 10.1 Å². The van der Waals surface area contributed by atoms with Crippen molar-refractivity contribution in [3.05, 3.63) is 28.0 Å². The zero-order valence-electron chi connectivity index (χ0n) is 8.84. The molecule has 0 radical (unpaired) electrons. The Labute approximate surface area is 103 Å². The zero-order chi connectivity index (χ0) is 12.3. The van der Waals surface area contributed by atoms with Crippen molar-refractivity contribution < 1.29 is 12.8 Å². The fourth-order valence-corrected chi connectivity index (χ4v) is 2.43. The summed E-state index contributed by atoms with van der Waals surface area (Å²) in [6, 6.07) is 2.65. The van der Waals surface area contributed by atoms with Gasteiger partial charge >= 0.3 is 0 Å². The third-order valence-corrected chi connectivity index (χ3v) is 3.61. The van der Waals surface area contributed by atoms with Gasteiger partial charge in [-0.25, -0.2) is 4.39 Å². The first-order valence-electron chi connectivity index (χ1n) is 4.58. The van der Waals surface area contributed by atoms with Gasteiger partial charge in [-0.15, -0.1) is 0 Å². The first-order valence-corrected chi connectivity index (χ1v) is 6.86. The molecule has 1 aromatic rings. The van der Waals surface area contributed by atoms with Gasteiger partial charge in [-0.2, -0.15) is 13.1 Å². The Hall–Kier alpha value is -0.660. The van der Waals surface area contributed by atoms with Crippen molar-refractivity contribution in [1.82, 2.24) is 4.72 Å². The van der Waals surface area contributed by atoms with Gasteiger partial charge in [-0.1, -0.05) is 6.92 Å². The first-order chi connectivity index (χ1) is 7.35. The summed E-state index contributed by atoms with van der Waals surface area (Å²) in [5.74, 6) is -0.427. The molecule has 0 unspecified atom stereocenters. The van der Waals surface area contributed by atoms with Crippen molar-refractivity contribution in [2.45, 2.75) is 13.8 Å². The molecule has 0 spiro atoms. The minimum atomic E-state index is -3.58. The number of aryl methyl sites for hydroxylation is 1.